The van der Waals surface area contributed by atoms with E-state index in [0.29, 0.717) is 0 Å². The van der Waals surface area contributed by atoms with E-state index in [1.165, 1.54) is 6.92 Å². The molecule has 7 heteroatoms. The molecule has 0 aromatic rings. The maximum atomic E-state index is 10.9. The molecular weight excluding hydrogens is 216 g/mol. The lowest BCUT2D eigenvalue weighted by Crippen LogP contribution is -2.11. The largest absolute Gasteiger partial charge is 0.286 e. The first-order chi connectivity index (χ1) is 5.77. The first kappa shape index (κ1) is 12.9. The summed E-state index contributed by atoms with van der Waals surface area (Å²) in [6, 6.07) is 0. The first-order valence-electron chi connectivity index (χ1n) is 3.92. The fourth-order valence-electron chi connectivity index (χ4n) is 0.751. The highest BCUT2D eigenvalue weighted by atomic mass is 32.2. The average Bonchev–Trinajstić information content (AvgIpc) is 1.97. The van der Waals surface area contributed by atoms with Crippen LogP contribution in [0.3, 0.4) is 0 Å². The number of hydrogen-bond donors (Lipinski definition) is 1. The van der Waals surface area contributed by atoms with Gasteiger partial charge in [-0.15, -0.1) is 0 Å². The maximum absolute atomic E-state index is 10.9. The second kappa shape index (κ2) is 4.92. The van der Waals surface area contributed by atoms with Gasteiger partial charge in [-0.05, 0) is 12.8 Å². The summed E-state index contributed by atoms with van der Waals surface area (Å²) >= 11 is 0. The third-order valence-corrected chi connectivity index (χ3v) is 4.14. The van der Waals surface area contributed by atoms with Crippen LogP contribution in [-0.2, 0) is 20.0 Å². The van der Waals surface area contributed by atoms with Crippen LogP contribution < -0.4 is 0 Å². The van der Waals surface area contributed by atoms with E-state index in [4.69, 9.17) is 4.55 Å². The van der Waals surface area contributed by atoms with Crippen LogP contribution in [0.2, 0.25) is 0 Å². The molecule has 0 aromatic carbocycles. The van der Waals surface area contributed by atoms with Crippen LogP contribution in [0.4, 0.5) is 0 Å². The van der Waals surface area contributed by atoms with Crippen molar-refractivity contribution in [1.82, 2.24) is 0 Å². The third kappa shape index (κ3) is 8.20. The monoisotopic (exact) mass is 230 g/mol. The quantitative estimate of drug-likeness (QED) is 0.516. The van der Waals surface area contributed by atoms with Crippen molar-refractivity contribution >= 4 is 20.0 Å². The Labute approximate surface area is 78.8 Å². The smallest absolute Gasteiger partial charge is 0.264 e. The van der Waals surface area contributed by atoms with E-state index in [2.05, 4.69) is 0 Å². The molecule has 0 saturated carbocycles. The second-order valence-electron chi connectivity index (χ2n) is 2.73. The number of unbranched alkanes of at least 4 members (excludes halogenated alkanes) is 1. The second-order valence-corrected chi connectivity index (χ2v) is 6.77. The number of rotatable bonds is 6. The molecule has 0 aliphatic rings. The van der Waals surface area contributed by atoms with Gasteiger partial charge in [-0.2, -0.15) is 8.42 Å². The molecular formula is C6H14O5S2. The van der Waals surface area contributed by atoms with Crippen molar-refractivity contribution < 1.29 is 21.4 Å². The zero-order chi connectivity index (χ0) is 10.5. The van der Waals surface area contributed by atoms with E-state index in [9.17, 15) is 16.8 Å². The molecule has 0 unspecified atom stereocenters. The van der Waals surface area contributed by atoms with Gasteiger partial charge in [0.05, 0.1) is 11.5 Å². The molecule has 0 radical (unpaired) electrons. The van der Waals surface area contributed by atoms with Gasteiger partial charge in [-0.3, -0.25) is 4.55 Å². The lowest BCUT2D eigenvalue weighted by atomic mass is 10.4. The van der Waals surface area contributed by atoms with E-state index in [1.807, 2.05) is 0 Å². The highest BCUT2D eigenvalue weighted by Crippen LogP contribution is 1.99. The molecule has 1 N–H and O–H groups in total. The Morgan fingerprint density at radius 3 is 1.85 bits per heavy atom. The van der Waals surface area contributed by atoms with Gasteiger partial charge >= 0.3 is 0 Å². The Hall–Kier alpha value is -0.140. The summed E-state index contributed by atoms with van der Waals surface area (Å²) in [5.74, 6) is -0.315. The molecule has 5 nitrogen and oxygen atoms in total. The molecule has 0 heterocycles. The molecule has 80 valence electrons. The standard InChI is InChI=1S/C6H14O5S2/c1-2-12(7,8)5-3-4-6-13(9,10)11/h2-6H2,1H3,(H,9,10,11). The minimum atomic E-state index is -3.94. The summed E-state index contributed by atoms with van der Waals surface area (Å²) in [4.78, 5) is 0. The summed E-state index contributed by atoms with van der Waals surface area (Å²) < 4.78 is 50.6. The Morgan fingerprint density at radius 1 is 1.00 bits per heavy atom. The zero-order valence-corrected chi connectivity index (χ0v) is 9.07. The van der Waals surface area contributed by atoms with Crippen LogP contribution in [-0.4, -0.2) is 38.6 Å². The van der Waals surface area contributed by atoms with Gasteiger partial charge in [0.25, 0.3) is 10.1 Å². The molecule has 0 spiro atoms. The Kier molecular flexibility index (Phi) is 4.87. The van der Waals surface area contributed by atoms with Crippen LogP contribution in [0.15, 0.2) is 0 Å². The van der Waals surface area contributed by atoms with Crippen molar-refractivity contribution in [3.8, 4) is 0 Å². The maximum Gasteiger partial charge on any atom is 0.264 e. The highest BCUT2D eigenvalue weighted by Gasteiger charge is 2.08. The van der Waals surface area contributed by atoms with Crippen molar-refractivity contribution in [2.24, 2.45) is 0 Å². The number of hydrogen-bond acceptors (Lipinski definition) is 4. The minimum absolute atomic E-state index is 0.0149. The van der Waals surface area contributed by atoms with E-state index < -0.39 is 20.0 Å². The highest BCUT2D eigenvalue weighted by molar-refractivity contribution is 7.91. The number of sulfone groups is 1. The molecule has 0 atom stereocenters. The van der Waals surface area contributed by atoms with Crippen molar-refractivity contribution in [3.05, 3.63) is 0 Å². The van der Waals surface area contributed by atoms with Crippen molar-refractivity contribution in [2.75, 3.05) is 17.3 Å². The molecule has 13 heavy (non-hydrogen) atoms. The van der Waals surface area contributed by atoms with E-state index >= 15 is 0 Å². The lowest BCUT2D eigenvalue weighted by molar-refractivity contribution is 0.480. The van der Waals surface area contributed by atoms with Gasteiger partial charge in [-0.25, -0.2) is 8.42 Å². The topological polar surface area (TPSA) is 88.5 Å². The molecule has 0 aliphatic carbocycles. The van der Waals surface area contributed by atoms with Crippen LogP contribution in [0.25, 0.3) is 0 Å². The fourth-order valence-corrected chi connectivity index (χ4v) is 2.25. The SMILES string of the molecule is CCS(=O)(=O)CCCCS(=O)(=O)O. The minimum Gasteiger partial charge on any atom is -0.286 e. The third-order valence-electron chi connectivity index (χ3n) is 1.55. The van der Waals surface area contributed by atoms with Gasteiger partial charge in [-0.1, -0.05) is 6.92 Å². The van der Waals surface area contributed by atoms with Gasteiger partial charge in [0, 0.05) is 5.75 Å². The van der Waals surface area contributed by atoms with E-state index in [1.54, 1.807) is 0 Å². The van der Waals surface area contributed by atoms with Crippen molar-refractivity contribution in [1.29, 1.82) is 0 Å². The van der Waals surface area contributed by atoms with Crippen LogP contribution >= 0.6 is 0 Å². The Bertz CT molecular complexity index is 326. The fraction of sp³-hybridized carbons (Fsp3) is 1.00. The Balaban J connectivity index is 3.71. The molecule has 0 rings (SSSR count). The van der Waals surface area contributed by atoms with Gasteiger partial charge in [0.2, 0.25) is 0 Å². The molecule has 0 aromatic heterocycles. The molecule has 0 amide bonds. The predicted molar refractivity (Wildman–Crippen MR) is 50.0 cm³/mol. The summed E-state index contributed by atoms with van der Waals surface area (Å²) in [6.45, 7) is 1.54. The zero-order valence-electron chi connectivity index (χ0n) is 7.43. The van der Waals surface area contributed by atoms with Gasteiger partial charge in [0.1, 0.15) is 9.84 Å². The van der Waals surface area contributed by atoms with Crippen molar-refractivity contribution in [3.63, 3.8) is 0 Å². The van der Waals surface area contributed by atoms with Gasteiger partial charge < -0.3 is 0 Å². The van der Waals surface area contributed by atoms with Crippen LogP contribution in [0, 0.1) is 0 Å². The van der Waals surface area contributed by atoms with E-state index in [0.717, 1.165) is 0 Å². The van der Waals surface area contributed by atoms with E-state index in [-0.39, 0.29) is 30.1 Å². The van der Waals surface area contributed by atoms with Crippen molar-refractivity contribution in [2.45, 2.75) is 19.8 Å². The normalized spacial score (nSPS) is 13.1. The Morgan fingerprint density at radius 2 is 1.46 bits per heavy atom. The molecule has 0 aliphatic heterocycles. The van der Waals surface area contributed by atoms with Gasteiger partial charge in [0.15, 0.2) is 0 Å². The van der Waals surface area contributed by atoms with Crippen LogP contribution in [0.1, 0.15) is 19.8 Å². The van der Waals surface area contributed by atoms with Crippen LogP contribution in [0.5, 0.6) is 0 Å². The predicted octanol–water partition coefficient (Wildman–Crippen LogP) is 0.0891. The summed E-state index contributed by atoms with van der Waals surface area (Å²) in [7, 11) is -6.96. The summed E-state index contributed by atoms with van der Waals surface area (Å²) in [6.07, 6.45) is 0.452. The molecule has 0 bridgehead atoms. The average molecular weight is 230 g/mol. The molecule has 0 saturated heterocycles. The lowest BCUT2D eigenvalue weighted by Gasteiger charge is -1.99. The summed E-state index contributed by atoms with van der Waals surface area (Å²) in [5.41, 5.74) is 0. The summed E-state index contributed by atoms with van der Waals surface area (Å²) in [5, 5.41) is 0. The first-order valence-corrected chi connectivity index (χ1v) is 7.35. The molecule has 0 fully saturated rings.